The van der Waals surface area contributed by atoms with E-state index >= 15 is 0 Å². The molecule has 148 valence electrons. The lowest BCUT2D eigenvalue weighted by atomic mass is 10.2. The summed E-state index contributed by atoms with van der Waals surface area (Å²) in [5, 5.41) is 0. The van der Waals surface area contributed by atoms with Gasteiger partial charge in [0.15, 0.2) is 6.61 Å². The van der Waals surface area contributed by atoms with Gasteiger partial charge in [-0.25, -0.2) is 0 Å². The summed E-state index contributed by atoms with van der Waals surface area (Å²) in [7, 11) is 1.54. The van der Waals surface area contributed by atoms with Crippen molar-refractivity contribution in [2.45, 2.75) is 6.18 Å². The lowest BCUT2D eigenvalue weighted by Crippen LogP contribution is -2.43. The topological polar surface area (TPSA) is 76.7 Å². The van der Waals surface area contributed by atoms with E-state index in [-0.39, 0.29) is 5.75 Å². The predicted octanol–water partition coefficient (Wildman–Crippen LogP) is 2.95. The highest BCUT2D eigenvalue weighted by atomic mass is 19.4. The number of halogens is 3. The number of benzene rings is 2. The van der Waals surface area contributed by atoms with Crippen molar-refractivity contribution >= 4 is 17.9 Å². The highest BCUT2D eigenvalue weighted by Gasteiger charge is 2.30. The maximum Gasteiger partial charge on any atom is 0.416 e. The molecule has 9 heteroatoms. The van der Waals surface area contributed by atoms with Crippen LogP contribution in [0.25, 0.3) is 6.08 Å². The second-order valence-corrected chi connectivity index (χ2v) is 5.46. The van der Waals surface area contributed by atoms with Crippen LogP contribution in [0.5, 0.6) is 11.5 Å². The first-order chi connectivity index (χ1) is 13.3. The average Bonchev–Trinajstić information content (AvgIpc) is 2.69. The van der Waals surface area contributed by atoms with Crippen molar-refractivity contribution in [2.24, 2.45) is 0 Å². The molecule has 0 bridgehead atoms. The molecule has 0 fully saturated rings. The van der Waals surface area contributed by atoms with E-state index in [4.69, 9.17) is 9.47 Å². The highest BCUT2D eigenvalue weighted by molar-refractivity contribution is 5.93. The maximum absolute atomic E-state index is 12.6. The standard InChI is InChI=1S/C19H17F3N2O4/c1-27-15-8-5-13(6-9-15)7-10-17(25)23-24-18(26)12-28-16-4-2-3-14(11-16)19(20,21)22/h2-11H,12H2,1H3,(H,23,25)(H,24,26). The van der Waals surface area contributed by atoms with Crippen LogP contribution in [-0.4, -0.2) is 25.5 Å². The second kappa shape index (κ2) is 9.45. The van der Waals surface area contributed by atoms with Gasteiger partial charge in [0.1, 0.15) is 11.5 Å². The Morgan fingerprint density at radius 3 is 2.39 bits per heavy atom. The fraction of sp³-hybridized carbons (Fsp3) is 0.158. The molecule has 2 amide bonds. The Bertz CT molecular complexity index is 849. The number of methoxy groups -OCH3 is 1. The fourth-order valence-electron chi connectivity index (χ4n) is 2.01. The van der Waals surface area contributed by atoms with Gasteiger partial charge < -0.3 is 9.47 Å². The van der Waals surface area contributed by atoms with Crippen LogP contribution < -0.4 is 20.3 Å². The largest absolute Gasteiger partial charge is 0.497 e. The van der Waals surface area contributed by atoms with E-state index in [1.807, 2.05) is 0 Å². The molecule has 2 aromatic rings. The molecule has 0 atom stereocenters. The minimum Gasteiger partial charge on any atom is -0.497 e. The third-order valence-corrected chi connectivity index (χ3v) is 3.40. The molecule has 0 unspecified atom stereocenters. The van der Waals surface area contributed by atoms with E-state index in [9.17, 15) is 22.8 Å². The van der Waals surface area contributed by atoms with E-state index in [1.54, 1.807) is 24.3 Å². The Morgan fingerprint density at radius 1 is 1.04 bits per heavy atom. The van der Waals surface area contributed by atoms with Crippen molar-refractivity contribution in [1.29, 1.82) is 0 Å². The molecule has 0 aliphatic rings. The summed E-state index contributed by atoms with van der Waals surface area (Å²) >= 11 is 0. The van der Waals surface area contributed by atoms with Crippen molar-refractivity contribution in [3.63, 3.8) is 0 Å². The monoisotopic (exact) mass is 394 g/mol. The van der Waals surface area contributed by atoms with Crippen molar-refractivity contribution in [2.75, 3.05) is 13.7 Å². The minimum absolute atomic E-state index is 0.115. The molecule has 0 saturated carbocycles. The van der Waals surface area contributed by atoms with Crippen LogP contribution in [0.1, 0.15) is 11.1 Å². The van der Waals surface area contributed by atoms with Gasteiger partial charge in [-0.1, -0.05) is 18.2 Å². The molecule has 0 aliphatic carbocycles. The van der Waals surface area contributed by atoms with E-state index in [0.717, 1.165) is 17.7 Å². The lowest BCUT2D eigenvalue weighted by molar-refractivity contribution is -0.137. The zero-order chi connectivity index (χ0) is 20.6. The summed E-state index contributed by atoms with van der Waals surface area (Å²) < 4.78 is 47.9. The van der Waals surface area contributed by atoms with Crippen LogP contribution in [-0.2, 0) is 15.8 Å². The first-order valence-corrected chi connectivity index (χ1v) is 7.99. The van der Waals surface area contributed by atoms with Crippen molar-refractivity contribution < 1.29 is 32.2 Å². The van der Waals surface area contributed by atoms with E-state index in [1.165, 1.54) is 31.4 Å². The maximum atomic E-state index is 12.6. The molecule has 0 aliphatic heterocycles. The van der Waals surface area contributed by atoms with Crippen molar-refractivity contribution in [1.82, 2.24) is 10.9 Å². The summed E-state index contributed by atoms with van der Waals surface area (Å²) in [6.45, 7) is -0.566. The number of hydrazine groups is 1. The van der Waals surface area contributed by atoms with Crippen molar-refractivity contribution in [3.8, 4) is 11.5 Å². The van der Waals surface area contributed by atoms with Crippen LogP contribution in [0.15, 0.2) is 54.6 Å². The van der Waals surface area contributed by atoms with Crippen LogP contribution in [0.3, 0.4) is 0 Å². The normalized spacial score (nSPS) is 11.1. The van der Waals surface area contributed by atoms with Gasteiger partial charge in [0.2, 0.25) is 0 Å². The molecule has 0 spiro atoms. The van der Waals surface area contributed by atoms with Gasteiger partial charge in [0.05, 0.1) is 12.7 Å². The molecular formula is C19H17F3N2O4. The number of carbonyl (C=O) groups is 2. The Hall–Kier alpha value is -3.49. The zero-order valence-electron chi connectivity index (χ0n) is 14.7. The number of carbonyl (C=O) groups excluding carboxylic acids is 2. The fourth-order valence-corrected chi connectivity index (χ4v) is 2.01. The van der Waals surface area contributed by atoms with E-state index in [0.29, 0.717) is 5.75 Å². The van der Waals surface area contributed by atoms with Gasteiger partial charge in [0, 0.05) is 6.08 Å². The van der Waals surface area contributed by atoms with Crippen LogP contribution in [0, 0.1) is 0 Å². The number of alkyl halides is 3. The third kappa shape index (κ3) is 6.67. The lowest BCUT2D eigenvalue weighted by Gasteiger charge is -2.10. The van der Waals surface area contributed by atoms with Crippen LogP contribution in [0.2, 0.25) is 0 Å². The molecule has 2 N–H and O–H groups in total. The van der Waals surface area contributed by atoms with Gasteiger partial charge in [-0.3, -0.25) is 20.4 Å². The van der Waals surface area contributed by atoms with E-state index < -0.39 is 30.2 Å². The van der Waals surface area contributed by atoms with Gasteiger partial charge in [-0.15, -0.1) is 0 Å². The number of rotatable bonds is 6. The Balaban J connectivity index is 1.77. The summed E-state index contributed by atoms with van der Waals surface area (Å²) in [5.41, 5.74) is 4.09. The smallest absolute Gasteiger partial charge is 0.416 e. The first-order valence-electron chi connectivity index (χ1n) is 7.99. The van der Waals surface area contributed by atoms with Gasteiger partial charge >= 0.3 is 6.18 Å². The third-order valence-electron chi connectivity index (χ3n) is 3.40. The van der Waals surface area contributed by atoms with Gasteiger partial charge in [-0.05, 0) is 42.0 Å². The van der Waals surface area contributed by atoms with Gasteiger partial charge in [0.25, 0.3) is 11.8 Å². The number of ether oxygens (including phenoxy) is 2. The quantitative estimate of drug-likeness (QED) is 0.584. The highest BCUT2D eigenvalue weighted by Crippen LogP contribution is 2.31. The molecule has 0 saturated heterocycles. The Kier molecular flexibility index (Phi) is 7.02. The average molecular weight is 394 g/mol. The number of nitrogens with one attached hydrogen (secondary N) is 2. The Morgan fingerprint density at radius 2 is 1.75 bits per heavy atom. The molecular weight excluding hydrogens is 377 g/mol. The molecule has 0 heterocycles. The molecule has 2 rings (SSSR count). The summed E-state index contributed by atoms with van der Waals surface area (Å²) in [6, 6.07) is 11.1. The SMILES string of the molecule is COc1ccc(C=CC(=O)NNC(=O)COc2cccc(C(F)(F)F)c2)cc1. The molecule has 28 heavy (non-hydrogen) atoms. The molecule has 0 aromatic heterocycles. The molecule has 6 nitrogen and oxygen atoms in total. The minimum atomic E-state index is -4.51. The van der Waals surface area contributed by atoms with E-state index in [2.05, 4.69) is 10.9 Å². The van der Waals surface area contributed by atoms with Crippen LogP contribution in [0.4, 0.5) is 13.2 Å². The summed E-state index contributed by atoms with van der Waals surface area (Å²) in [5.74, 6) is -0.766. The first kappa shape index (κ1) is 20.8. The van der Waals surface area contributed by atoms with Crippen LogP contribution >= 0.6 is 0 Å². The zero-order valence-corrected chi connectivity index (χ0v) is 14.7. The Labute approximate surface area is 158 Å². The molecule has 0 radical (unpaired) electrons. The summed E-state index contributed by atoms with van der Waals surface area (Å²) in [6.07, 6.45) is -1.78. The summed E-state index contributed by atoms with van der Waals surface area (Å²) in [4.78, 5) is 23.3. The number of amides is 2. The second-order valence-electron chi connectivity index (χ2n) is 5.46. The number of hydrogen-bond donors (Lipinski definition) is 2. The van der Waals surface area contributed by atoms with Gasteiger partial charge in [-0.2, -0.15) is 13.2 Å². The predicted molar refractivity (Wildman–Crippen MR) is 95.3 cm³/mol. The number of hydrogen-bond acceptors (Lipinski definition) is 4. The molecule has 2 aromatic carbocycles. The van der Waals surface area contributed by atoms with Crippen molar-refractivity contribution in [3.05, 3.63) is 65.7 Å².